The zero-order valence-electron chi connectivity index (χ0n) is 12.9. The van der Waals surface area contributed by atoms with Crippen molar-refractivity contribution in [3.63, 3.8) is 0 Å². The molecule has 0 aliphatic heterocycles. The van der Waals surface area contributed by atoms with Crippen LogP contribution in [0, 0.1) is 5.82 Å². The quantitative estimate of drug-likeness (QED) is 0.214. The maximum atomic E-state index is 13.6. The molecule has 6 nitrogen and oxygen atoms in total. The largest absolute Gasteiger partial charge is 0.493 e. The Hall–Kier alpha value is -2.36. The molecule has 0 saturated carbocycles. The van der Waals surface area contributed by atoms with E-state index in [4.69, 9.17) is 23.8 Å². The highest BCUT2D eigenvalue weighted by Gasteiger charge is 2.11. The van der Waals surface area contributed by atoms with Crippen LogP contribution in [-0.2, 0) is 0 Å². The summed E-state index contributed by atoms with van der Waals surface area (Å²) in [7, 11) is 0. The molecule has 0 amide bonds. The highest BCUT2D eigenvalue weighted by atomic mass is 79.9. The van der Waals surface area contributed by atoms with Crippen molar-refractivity contribution in [1.29, 1.82) is 0 Å². The minimum atomic E-state index is -0.509. The number of azo groups is 1. The number of halogens is 3. The van der Waals surface area contributed by atoms with Crippen molar-refractivity contribution in [2.45, 2.75) is 0 Å². The van der Waals surface area contributed by atoms with E-state index in [1.54, 1.807) is 18.2 Å². The van der Waals surface area contributed by atoms with Crippen molar-refractivity contribution in [1.82, 2.24) is 10.4 Å². The number of aromatic amines is 1. The monoisotopic (exact) mass is 453 g/mol. The van der Waals surface area contributed by atoms with Gasteiger partial charge in [0.1, 0.15) is 5.82 Å². The molecule has 0 bridgehead atoms. The van der Waals surface area contributed by atoms with E-state index in [0.29, 0.717) is 10.9 Å². The first-order valence-corrected chi connectivity index (χ1v) is 8.72. The van der Waals surface area contributed by atoms with Crippen molar-refractivity contribution in [3.8, 4) is 5.88 Å². The van der Waals surface area contributed by atoms with E-state index in [0.717, 1.165) is 4.47 Å². The van der Waals surface area contributed by atoms with E-state index in [-0.39, 0.29) is 27.3 Å². The van der Waals surface area contributed by atoms with Crippen molar-refractivity contribution in [2.24, 2.45) is 15.3 Å². The van der Waals surface area contributed by atoms with Crippen molar-refractivity contribution < 1.29 is 9.50 Å². The fraction of sp³-hybridized carbons (Fsp3) is 0. The number of hydrazone groups is 1. The summed E-state index contributed by atoms with van der Waals surface area (Å²) in [5.41, 5.74) is 3.51. The standard InChI is InChI=1S/C16H10BrClFN5OS/c17-8-4-5-13-9(6-8)14(15(25)21-13)22-24-16(26)23-20-7-10-11(18)2-1-3-12(10)19/h1-7,21,25H,(H,23,26)/b20-7+,24-22?. The molecule has 0 atom stereocenters. The summed E-state index contributed by atoms with van der Waals surface area (Å²) in [6, 6.07) is 9.71. The Bertz CT molecular complexity index is 1030. The molecule has 2 aromatic carbocycles. The minimum absolute atomic E-state index is 0.0718. The molecule has 3 N–H and O–H groups in total. The predicted octanol–water partition coefficient (Wildman–Crippen LogP) is 5.42. The van der Waals surface area contributed by atoms with Crippen LogP contribution in [0.15, 0.2) is 56.2 Å². The van der Waals surface area contributed by atoms with Gasteiger partial charge in [-0.1, -0.05) is 33.6 Å². The molecule has 132 valence electrons. The topological polar surface area (TPSA) is 85.1 Å². The van der Waals surface area contributed by atoms with Gasteiger partial charge >= 0.3 is 0 Å². The molecule has 1 heterocycles. The van der Waals surface area contributed by atoms with E-state index in [9.17, 15) is 9.50 Å². The van der Waals surface area contributed by atoms with E-state index >= 15 is 0 Å². The SMILES string of the molecule is Oc1[nH]c2ccc(Br)cc2c1N=NC(=S)N/N=C/c1c(F)cccc1Cl. The number of fused-ring (bicyclic) bond motifs is 1. The van der Waals surface area contributed by atoms with Gasteiger partial charge in [0, 0.05) is 15.4 Å². The maximum absolute atomic E-state index is 13.6. The normalized spacial score (nSPS) is 11.7. The first kappa shape index (κ1) is 18.4. The van der Waals surface area contributed by atoms with E-state index in [2.05, 4.69) is 41.7 Å². The second-order valence-corrected chi connectivity index (χ2v) is 6.73. The highest BCUT2D eigenvalue weighted by Crippen LogP contribution is 2.36. The van der Waals surface area contributed by atoms with Gasteiger partial charge in [0.2, 0.25) is 11.0 Å². The molecule has 3 rings (SSSR count). The van der Waals surface area contributed by atoms with E-state index in [1.807, 2.05) is 6.07 Å². The molecule has 10 heteroatoms. The minimum Gasteiger partial charge on any atom is -0.493 e. The lowest BCUT2D eigenvalue weighted by molar-refractivity contribution is 0.459. The molecule has 26 heavy (non-hydrogen) atoms. The van der Waals surface area contributed by atoms with Crippen LogP contribution in [0.1, 0.15) is 5.56 Å². The predicted molar refractivity (Wildman–Crippen MR) is 107 cm³/mol. The number of thiocarbonyl (C=S) groups is 1. The van der Waals surface area contributed by atoms with Gasteiger partial charge in [0.05, 0.1) is 16.8 Å². The highest BCUT2D eigenvalue weighted by molar-refractivity contribution is 9.10. The lowest BCUT2D eigenvalue weighted by atomic mass is 10.2. The molecular formula is C16H10BrClFN5OS. The van der Waals surface area contributed by atoms with Gasteiger partial charge in [-0.3, -0.25) is 5.43 Å². The summed E-state index contributed by atoms with van der Waals surface area (Å²) >= 11 is 14.2. The number of nitrogens with zero attached hydrogens (tertiary/aromatic N) is 3. The average Bonchev–Trinajstić information content (AvgIpc) is 2.90. The third-order valence-corrected chi connectivity index (χ3v) is 4.30. The molecule has 0 aliphatic rings. The molecule has 0 fully saturated rings. The Labute approximate surface area is 165 Å². The summed E-state index contributed by atoms with van der Waals surface area (Å²) in [5, 5.41) is 22.3. The number of aromatic hydroxyl groups is 1. The second-order valence-electron chi connectivity index (χ2n) is 5.02. The fourth-order valence-electron chi connectivity index (χ4n) is 2.14. The van der Waals surface area contributed by atoms with Crippen LogP contribution in [0.2, 0.25) is 5.02 Å². The first-order chi connectivity index (χ1) is 12.5. The van der Waals surface area contributed by atoms with Crippen LogP contribution in [0.3, 0.4) is 0 Å². The molecule has 0 saturated heterocycles. The van der Waals surface area contributed by atoms with Gasteiger partial charge < -0.3 is 10.1 Å². The van der Waals surface area contributed by atoms with Gasteiger partial charge in [0.15, 0.2) is 5.69 Å². The number of nitrogens with one attached hydrogen (secondary N) is 2. The van der Waals surface area contributed by atoms with Crippen LogP contribution in [0.4, 0.5) is 10.1 Å². The van der Waals surface area contributed by atoms with Crippen LogP contribution in [0.25, 0.3) is 10.9 Å². The lowest BCUT2D eigenvalue weighted by Crippen LogP contribution is -2.11. The summed E-state index contributed by atoms with van der Waals surface area (Å²) < 4.78 is 14.4. The van der Waals surface area contributed by atoms with Crippen molar-refractivity contribution in [3.05, 3.63) is 57.3 Å². The Morgan fingerprint density at radius 2 is 2.15 bits per heavy atom. The summed E-state index contributed by atoms with van der Waals surface area (Å²) in [6.45, 7) is 0. The van der Waals surface area contributed by atoms with E-state index in [1.165, 1.54) is 18.3 Å². The van der Waals surface area contributed by atoms with Crippen LogP contribution in [0.5, 0.6) is 5.88 Å². The number of H-pyrrole nitrogens is 1. The maximum Gasteiger partial charge on any atom is 0.234 e. The Balaban J connectivity index is 1.73. The lowest BCUT2D eigenvalue weighted by Gasteiger charge is -1.99. The molecule has 1 aromatic heterocycles. The zero-order valence-corrected chi connectivity index (χ0v) is 16.0. The first-order valence-electron chi connectivity index (χ1n) is 7.14. The van der Waals surface area contributed by atoms with Gasteiger partial charge in [-0.25, -0.2) is 4.39 Å². The molecule has 0 unspecified atom stereocenters. The van der Waals surface area contributed by atoms with Crippen molar-refractivity contribution >= 4 is 67.7 Å². The molecule has 0 radical (unpaired) electrons. The zero-order chi connectivity index (χ0) is 18.7. The summed E-state index contributed by atoms with van der Waals surface area (Å²) in [4.78, 5) is 2.79. The Morgan fingerprint density at radius 1 is 1.35 bits per heavy atom. The smallest absolute Gasteiger partial charge is 0.234 e. The molecular weight excluding hydrogens is 445 g/mol. The third-order valence-electron chi connectivity index (χ3n) is 3.31. The number of benzene rings is 2. The average molecular weight is 455 g/mol. The number of aromatic nitrogens is 1. The van der Waals surface area contributed by atoms with Crippen LogP contribution in [-0.4, -0.2) is 21.4 Å². The second kappa shape index (κ2) is 7.90. The van der Waals surface area contributed by atoms with E-state index < -0.39 is 5.82 Å². The fourth-order valence-corrected chi connectivity index (χ4v) is 2.81. The number of hydrogen-bond donors (Lipinski definition) is 3. The Morgan fingerprint density at radius 3 is 2.92 bits per heavy atom. The summed E-state index contributed by atoms with van der Waals surface area (Å²) in [6.07, 6.45) is 1.19. The molecule has 0 spiro atoms. The molecule has 3 aromatic rings. The summed E-state index contributed by atoms with van der Waals surface area (Å²) in [5.74, 6) is -0.642. The van der Waals surface area contributed by atoms with Gasteiger partial charge in [0.25, 0.3) is 0 Å². The van der Waals surface area contributed by atoms with Gasteiger partial charge in [-0.05, 0) is 42.5 Å². The third kappa shape index (κ3) is 4.06. The van der Waals surface area contributed by atoms with Crippen LogP contribution >= 0.6 is 39.7 Å². The van der Waals surface area contributed by atoms with Gasteiger partial charge in [-0.15, -0.1) is 10.2 Å². The number of hydrogen-bond acceptors (Lipinski definition) is 4. The van der Waals surface area contributed by atoms with Crippen LogP contribution < -0.4 is 5.43 Å². The van der Waals surface area contributed by atoms with Crippen molar-refractivity contribution in [2.75, 3.05) is 0 Å². The Kier molecular flexibility index (Phi) is 5.60. The number of rotatable bonds is 3. The van der Waals surface area contributed by atoms with Gasteiger partial charge in [-0.2, -0.15) is 5.10 Å². The molecule has 0 aliphatic carbocycles.